The minimum absolute atomic E-state index is 0.0555. The molecule has 1 aliphatic rings. The van der Waals surface area contributed by atoms with Crippen LogP contribution in [-0.2, 0) is 11.2 Å². The summed E-state index contributed by atoms with van der Waals surface area (Å²) in [7, 11) is 0. The largest absolute Gasteiger partial charge is 0.325 e. The van der Waals surface area contributed by atoms with Crippen LogP contribution in [0.3, 0.4) is 0 Å². The third-order valence-corrected chi connectivity index (χ3v) is 4.93. The number of carbonyl (C=O) groups excluding carboxylic acids is 1. The molecule has 2 heterocycles. The number of benzene rings is 1. The molecular formula is C16H15ClN2OS. The lowest BCUT2D eigenvalue weighted by Gasteiger charge is -2.24. The standard InChI is InChI=1S/C16H15ClN2OS/c17-13-5-3-4-12(10-13)16-19(15(20)11-21-16)9-7-14-6-1-2-8-18-14/h1-6,8,10,16H,7,9,11H2. The van der Waals surface area contributed by atoms with Crippen LogP contribution in [0.2, 0.25) is 5.02 Å². The molecule has 1 saturated heterocycles. The van der Waals surface area contributed by atoms with Gasteiger partial charge in [-0.25, -0.2) is 0 Å². The third-order valence-electron chi connectivity index (χ3n) is 3.44. The number of carbonyl (C=O) groups is 1. The molecule has 0 spiro atoms. The molecule has 1 atom stereocenters. The van der Waals surface area contributed by atoms with Crippen LogP contribution >= 0.6 is 23.4 Å². The highest BCUT2D eigenvalue weighted by Gasteiger charge is 2.32. The Morgan fingerprint density at radius 2 is 2.19 bits per heavy atom. The van der Waals surface area contributed by atoms with E-state index in [0.717, 1.165) is 17.7 Å². The molecule has 0 N–H and O–H groups in total. The van der Waals surface area contributed by atoms with E-state index in [1.807, 2.05) is 47.4 Å². The Balaban J connectivity index is 1.74. The lowest BCUT2D eigenvalue weighted by Crippen LogP contribution is -2.30. The highest BCUT2D eigenvalue weighted by Crippen LogP contribution is 2.39. The quantitative estimate of drug-likeness (QED) is 0.864. The Kier molecular flexibility index (Phi) is 4.46. The van der Waals surface area contributed by atoms with Gasteiger partial charge in [0.2, 0.25) is 5.91 Å². The average molecular weight is 319 g/mol. The zero-order valence-electron chi connectivity index (χ0n) is 11.4. The highest BCUT2D eigenvalue weighted by atomic mass is 35.5. The van der Waals surface area contributed by atoms with Crippen molar-refractivity contribution in [1.29, 1.82) is 0 Å². The molecule has 108 valence electrons. The Bertz CT molecular complexity index is 635. The van der Waals surface area contributed by atoms with E-state index in [-0.39, 0.29) is 11.3 Å². The maximum Gasteiger partial charge on any atom is 0.233 e. The molecule has 0 bridgehead atoms. The van der Waals surface area contributed by atoms with Crippen molar-refractivity contribution >= 4 is 29.3 Å². The van der Waals surface area contributed by atoms with Crippen molar-refractivity contribution in [2.24, 2.45) is 0 Å². The van der Waals surface area contributed by atoms with E-state index < -0.39 is 0 Å². The molecule has 2 aromatic rings. The number of pyridine rings is 1. The summed E-state index contributed by atoms with van der Waals surface area (Å²) in [6, 6.07) is 13.6. The number of hydrogen-bond acceptors (Lipinski definition) is 3. The molecule has 1 aromatic heterocycles. The Labute approximate surface area is 133 Å². The maximum absolute atomic E-state index is 12.1. The van der Waals surface area contributed by atoms with Crippen molar-refractivity contribution in [2.45, 2.75) is 11.8 Å². The molecule has 5 heteroatoms. The summed E-state index contributed by atoms with van der Waals surface area (Å²) in [5.41, 5.74) is 2.09. The first-order valence-corrected chi connectivity index (χ1v) is 8.23. The third kappa shape index (κ3) is 3.39. The molecule has 0 radical (unpaired) electrons. The van der Waals surface area contributed by atoms with E-state index in [0.29, 0.717) is 17.3 Å². The van der Waals surface area contributed by atoms with Crippen molar-refractivity contribution in [3.05, 3.63) is 64.9 Å². The number of thioether (sulfide) groups is 1. The number of rotatable bonds is 4. The predicted molar refractivity (Wildman–Crippen MR) is 86.3 cm³/mol. The van der Waals surface area contributed by atoms with E-state index in [2.05, 4.69) is 4.98 Å². The molecule has 1 aromatic carbocycles. The molecule has 0 saturated carbocycles. The van der Waals surface area contributed by atoms with Gasteiger partial charge in [-0.1, -0.05) is 29.8 Å². The summed E-state index contributed by atoms with van der Waals surface area (Å²) in [6.45, 7) is 0.681. The first kappa shape index (κ1) is 14.4. The molecule has 1 amide bonds. The van der Waals surface area contributed by atoms with Crippen LogP contribution in [0.25, 0.3) is 0 Å². The molecule has 1 unspecified atom stereocenters. The van der Waals surface area contributed by atoms with Crippen LogP contribution in [0.5, 0.6) is 0 Å². The maximum atomic E-state index is 12.1. The van der Waals surface area contributed by atoms with Gasteiger partial charge in [0.1, 0.15) is 5.37 Å². The zero-order valence-corrected chi connectivity index (χ0v) is 13.0. The van der Waals surface area contributed by atoms with Gasteiger partial charge in [0.25, 0.3) is 0 Å². The number of aromatic nitrogens is 1. The van der Waals surface area contributed by atoms with Crippen molar-refractivity contribution < 1.29 is 4.79 Å². The van der Waals surface area contributed by atoms with E-state index in [4.69, 9.17) is 11.6 Å². The van der Waals surface area contributed by atoms with Gasteiger partial charge in [-0.05, 0) is 29.8 Å². The van der Waals surface area contributed by atoms with Crippen LogP contribution in [0.1, 0.15) is 16.6 Å². The van der Waals surface area contributed by atoms with E-state index >= 15 is 0 Å². The van der Waals surface area contributed by atoms with Gasteiger partial charge in [-0.3, -0.25) is 9.78 Å². The first-order chi connectivity index (χ1) is 10.2. The summed E-state index contributed by atoms with van der Waals surface area (Å²) < 4.78 is 0. The van der Waals surface area contributed by atoms with Gasteiger partial charge in [0.15, 0.2) is 0 Å². The second-order valence-electron chi connectivity index (χ2n) is 4.88. The second kappa shape index (κ2) is 6.50. The SMILES string of the molecule is O=C1CSC(c2cccc(Cl)c2)N1CCc1ccccn1. The van der Waals surface area contributed by atoms with E-state index in [9.17, 15) is 4.79 Å². The fraction of sp³-hybridized carbons (Fsp3) is 0.250. The first-order valence-electron chi connectivity index (χ1n) is 6.80. The summed E-state index contributed by atoms with van der Waals surface area (Å²) in [5, 5.41) is 0.761. The monoisotopic (exact) mass is 318 g/mol. The Morgan fingerprint density at radius 1 is 1.29 bits per heavy atom. The summed E-state index contributed by atoms with van der Waals surface area (Å²) >= 11 is 7.71. The lowest BCUT2D eigenvalue weighted by atomic mass is 10.2. The van der Waals surface area contributed by atoms with Gasteiger partial charge in [-0.2, -0.15) is 0 Å². The van der Waals surface area contributed by atoms with Crippen LogP contribution in [0.4, 0.5) is 0 Å². The number of hydrogen-bond donors (Lipinski definition) is 0. The van der Waals surface area contributed by atoms with Crippen LogP contribution in [0, 0.1) is 0 Å². The van der Waals surface area contributed by atoms with Gasteiger partial charge < -0.3 is 4.90 Å². The molecule has 1 fully saturated rings. The van der Waals surface area contributed by atoms with Gasteiger partial charge in [-0.15, -0.1) is 11.8 Å². The van der Waals surface area contributed by atoms with E-state index in [1.165, 1.54) is 0 Å². The van der Waals surface area contributed by atoms with E-state index in [1.54, 1.807) is 18.0 Å². The van der Waals surface area contributed by atoms with Crippen molar-refractivity contribution in [3.8, 4) is 0 Å². The Morgan fingerprint density at radius 3 is 2.95 bits per heavy atom. The number of amides is 1. The molecule has 0 aliphatic carbocycles. The van der Waals surface area contributed by atoms with Gasteiger partial charge >= 0.3 is 0 Å². The highest BCUT2D eigenvalue weighted by molar-refractivity contribution is 8.00. The summed E-state index contributed by atoms with van der Waals surface area (Å²) in [5.74, 6) is 0.709. The Hall–Kier alpha value is -1.52. The molecule has 21 heavy (non-hydrogen) atoms. The minimum atomic E-state index is 0.0555. The fourth-order valence-electron chi connectivity index (χ4n) is 2.41. The molecular weight excluding hydrogens is 304 g/mol. The lowest BCUT2D eigenvalue weighted by molar-refractivity contribution is -0.128. The summed E-state index contributed by atoms with van der Waals surface area (Å²) in [4.78, 5) is 18.3. The van der Waals surface area contributed by atoms with Crippen LogP contribution < -0.4 is 0 Å². The zero-order chi connectivity index (χ0) is 14.7. The van der Waals surface area contributed by atoms with Gasteiger partial charge in [0.05, 0.1) is 5.75 Å². The second-order valence-corrected chi connectivity index (χ2v) is 6.38. The predicted octanol–water partition coefficient (Wildman–Crippen LogP) is 3.55. The fourth-order valence-corrected chi connectivity index (χ4v) is 3.82. The normalized spacial score (nSPS) is 18.2. The number of halogens is 1. The van der Waals surface area contributed by atoms with Crippen molar-refractivity contribution in [3.63, 3.8) is 0 Å². The summed E-state index contributed by atoms with van der Waals surface area (Å²) in [6.07, 6.45) is 2.55. The van der Waals surface area contributed by atoms with Crippen LogP contribution in [0.15, 0.2) is 48.7 Å². The number of nitrogens with zero attached hydrogens (tertiary/aromatic N) is 2. The van der Waals surface area contributed by atoms with Crippen molar-refractivity contribution in [2.75, 3.05) is 12.3 Å². The van der Waals surface area contributed by atoms with Gasteiger partial charge in [0, 0.05) is 29.9 Å². The van der Waals surface area contributed by atoms with Crippen molar-refractivity contribution in [1.82, 2.24) is 9.88 Å². The van der Waals surface area contributed by atoms with Crippen LogP contribution in [-0.4, -0.2) is 28.1 Å². The molecule has 3 rings (SSSR count). The topological polar surface area (TPSA) is 33.2 Å². The average Bonchev–Trinajstić information content (AvgIpc) is 2.87. The molecule has 3 nitrogen and oxygen atoms in total. The smallest absolute Gasteiger partial charge is 0.233 e. The molecule has 1 aliphatic heterocycles. The minimum Gasteiger partial charge on any atom is -0.325 e.